The number of rotatable bonds is 14. The molecule has 3 saturated heterocycles. The van der Waals surface area contributed by atoms with Crippen molar-refractivity contribution in [3.63, 3.8) is 0 Å². The number of hydrogen-bond donors (Lipinski definition) is 2. The summed E-state index contributed by atoms with van der Waals surface area (Å²) in [7, 11) is 0. The molecule has 240 valence electrons. The van der Waals surface area contributed by atoms with Crippen LogP contribution in [0.4, 0.5) is 0 Å². The Morgan fingerprint density at radius 3 is 2.57 bits per heavy atom. The number of nitrogens with zero attached hydrogens (tertiary/aromatic N) is 2. The molecule has 1 aromatic carbocycles. The highest BCUT2D eigenvalue weighted by atomic mass is 79.9. The van der Waals surface area contributed by atoms with Crippen molar-refractivity contribution in [1.82, 2.24) is 15.1 Å². The Hall–Kier alpha value is -3.02. The quantitative estimate of drug-likeness (QED) is 0.176. The molecule has 2 bridgehead atoms. The second-order valence-electron chi connectivity index (χ2n) is 12.7. The zero-order valence-electron chi connectivity index (χ0n) is 25.7. The molecule has 0 aromatic heterocycles. The van der Waals surface area contributed by atoms with Crippen LogP contribution in [0.15, 0.2) is 55.6 Å². The first-order valence-corrected chi connectivity index (χ1v) is 16.1. The Bertz CT molecular complexity index is 1250. The molecule has 3 aliphatic rings. The molecule has 1 aromatic rings. The number of amides is 3. The highest BCUT2D eigenvalue weighted by Crippen LogP contribution is 2.60. The summed E-state index contributed by atoms with van der Waals surface area (Å²) in [5.74, 6) is -3.21. The minimum atomic E-state index is -1.23. The van der Waals surface area contributed by atoms with E-state index >= 15 is 0 Å². The van der Waals surface area contributed by atoms with Crippen LogP contribution in [0.2, 0.25) is 0 Å². The van der Waals surface area contributed by atoms with Crippen molar-refractivity contribution in [3.05, 3.63) is 61.2 Å². The molecule has 3 fully saturated rings. The number of ether oxygens (including phenoxy) is 2. The largest absolute Gasteiger partial charge is 0.463 e. The van der Waals surface area contributed by atoms with E-state index in [0.717, 1.165) is 5.56 Å². The third kappa shape index (κ3) is 6.50. The van der Waals surface area contributed by atoms with Crippen LogP contribution in [-0.4, -0.2) is 93.0 Å². The van der Waals surface area contributed by atoms with Gasteiger partial charge in [0.1, 0.15) is 18.2 Å². The SMILES string of the molecule is C=CCCC(=O)OC[C@@H](NC(=O)[C@@H]1[C@H]2O[C@@]3(CC2Br)[C@H](C(=O)N(CC=C)C(C)(C)C)N(CCCO)C(=O)[C@@H]13)c1ccccc1. The maximum Gasteiger partial charge on any atom is 0.306 e. The second-order valence-corrected chi connectivity index (χ2v) is 13.8. The number of esters is 1. The molecule has 3 amide bonds. The summed E-state index contributed by atoms with van der Waals surface area (Å²) >= 11 is 3.70. The summed E-state index contributed by atoms with van der Waals surface area (Å²) < 4.78 is 12.1. The van der Waals surface area contributed by atoms with Crippen LogP contribution in [0.3, 0.4) is 0 Å². The van der Waals surface area contributed by atoms with E-state index < -0.39 is 53.0 Å². The monoisotopic (exact) mass is 673 g/mol. The number of nitrogens with one attached hydrogen (secondary N) is 1. The van der Waals surface area contributed by atoms with Crippen molar-refractivity contribution in [3.8, 4) is 0 Å². The molecule has 2 N–H and O–H groups in total. The molecular weight excluding hydrogens is 630 g/mol. The third-order valence-electron chi connectivity index (χ3n) is 8.75. The van der Waals surface area contributed by atoms with Gasteiger partial charge in [-0.25, -0.2) is 0 Å². The van der Waals surface area contributed by atoms with Crippen LogP contribution in [-0.2, 0) is 28.7 Å². The predicted octanol–water partition coefficient (Wildman–Crippen LogP) is 3.30. The molecule has 0 saturated carbocycles. The van der Waals surface area contributed by atoms with Gasteiger partial charge in [0.05, 0.1) is 24.0 Å². The topological polar surface area (TPSA) is 125 Å². The van der Waals surface area contributed by atoms with E-state index in [-0.39, 0.29) is 55.8 Å². The molecule has 10 nitrogen and oxygen atoms in total. The van der Waals surface area contributed by atoms with E-state index in [4.69, 9.17) is 9.47 Å². The molecule has 44 heavy (non-hydrogen) atoms. The highest BCUT2D eigenvalue weighted by molar-refractivity contribution is 9.09. The van der Waals surface area contributed by atoms with Gasteiger partial charge >= 0.3 is 5.97 Å². The average molecular weight is 675 g/mol. The second kappa shape index (κ2) is 14.0. The summed E-state index contributed by atoms with van der Waals surface area (Å²) in [6.45, 7) is 13.4. The molecule has 4 rings (SSSR count). The standard InChI is InChI=1S/C33H44BrN3O7/c1-6-8-15-24(39)43-20-23(21-13-10-9-11-14-21)35-29(40)25-26-30(41)36(17-12-18-38)28(33(26)19-22(34)27(25)44-33)31(42)37(16-7-2)32(3,4)5/h6-7,9-11,13-14,22-23,25-28,38H,1-2,8,12,15-20H2,3-5H3,(H,35,40)/t22?,23-,25+,26-,27+,28+,33-/m1/s1. The molecule has 0 radical (unpaired) electrons. The molecule has 3 heterocycles. The number of allylic oxidation sites excluding steroid dienone is 1. The molecular formula is C33H44BrN3O7. The van der Waals surface area contributed by atoms with Crippen LogP contribution in [0.1, 0.15) is 58.1 Å². The van der Waals surface area contributed by atoms with Crippen molar-refractivity contribution in [2.75, 3.05) is 26.3 Å². The Labute approximate surface area is 267 Å². The summed E-state index contributed by atoms with van der Waals surface area (Å²) in [4.78, 5) is 58.0. The van der Waals surface area contributed by atoms with Gasteiger partial charge in [0.25, 0.3) is 0 Å². The van der Waals surface area contributed by atoms with Crippen LogP contribution in [0.5, 0.6) is 0 Å². The van der Waals surface area contributed by atoms with Crippen LogP contribution >= 0.6 is 15.9 Å². The number of aliphatic hydroxyl groups is 1. The summed E-state index contributed by atoms with van der Waals surface area (Å²) in [6.07, 6.45) is 3.95. The van der Waals surface area contributed by atoms with Crippen molar-refractivity contribution >= 4 is 39.6 Å². The number of halogens is 1. The van der Waals surface area contributed by atoms with Crippen molar-refractivity contribution in [2.24, 2.45) is 11.8 Å². The third-order valence-corrected chi connectivity index (χ3v) is 9.60. The molecule has 0 aliphatic carbocycles. The first-order valence-electron chi connectivity index (χ1n) is 15.2. The smallest absolute Gasteiger partial charge is 0.306 e. The van der Waals surface area contributed by atoms with Crippen LogP contribution in [0.25, 0.3) is 0 Å². The zero-order chi connectivity index (χ0) is 32.2. The number of aliphatic hydroxyl groups excluding tert-OH is 1. The number of likely N-dealkylation sites (tertiary alicyclic amines) is 1. The fraction of sp³-hybridized carbons (Fsp3) is 0.576. The van der Waals surface area contributed by atoms with Gasteiger partial charge in [-0.3, -0.25) is 19.2 Å². The van der Waals surface area contributed by atoms with Gasteiger partial charge in [0.2, 0.25) is 17.7 Å². The number of carbonyl (C=O) groups excluding carboxylic acids is 4. The average Bonchev–Trinajstić information content (AvgIpc) is 3.58. The predicted molar refractivity (Wildman–Crippen MR) is 168 cm³/mol. The lowest BCUT2D eigenvalue weighted by Gasteiger charge is -2.42. The number of hydrogen-bond acceptors (Lipinski definition) is 7. The highest BCUT2D eigenvalue weighted by Gasteiger charge is 2.76. The number of alkyl halides is 1. The maximum absolute atomic E-state index is 14.4. The van der Waals surface area contributed by atoms with Crippen molar-refractivity contribution < 1.29 is 33.8 Å². The molecule has 1 spiro atoms. The van der Waals surface area contributed by atoms with Gasteiger partial charge in [-0.2, -0.15) is 0 Å². The Morgan fingerprint density at radius 1 is 1.25 bits per heavy atom. The van der Waals surface area contributed by atoms with Gasteiger partial charge in [-0.05, 0) is 45.6 Å². The number of fused-ring (bicyclic) bond motifs is 1. The van der Waals surface area contributed by atoms with Gasteiger partial charge in [0.15, 0.2) is 0 Å². The Balaban J connectivity index is 1.67. The van der Waals surface area contributed by atoms with E-state index in [9.17, 15) is 24.3 Å². The van der Waals surface area contributed by atoms with E-state index in [2.05, 4.69) is 34.4 Å². The lowest BCUT2D eigenvalue weighted by Crippen LogP contribution is -2.60. The van der Waals surface area contributed by atoms with Gasteiger partial charge in [-0.1, -0.05) is 58.4 Å². The van der Waals surface area contributed by atoms with E-state index in [0.29, 0.717) is 12.8 Å². The summed E-state index contributed by atoms with van der Waals surface area (Å²) in [5.41, 5.74) is -1.06. The first-order chi connectivity index (χ1) is 20.9. The van der Waals surface area contributed by atoms with E-state index in [1.54, 1.807) is 17.1 Å². The van der Waals surface area contributed by atoms with Crippen molar-refractivity contribution in [1.29, 1.82) is 0 Å². The van der Waals surface area contributed by atoms with Gasteiger partial charge in [0, 0.05) is 36.5 Å². The maximum atomic E-state index is 14.4. The van der Waals surface area contributed by atoms with Crippen LogP contribution in [0, 0.1) is 11.8 Å². The number of benzene rings is 1. The van der Waals surface area contributed by atoms with Gasteiger partial charge < -0.3 is 29.7 Å². The minimum absolute atomic E-state index is 0.0860. The number of carbonyl (C=O) groups is 4. The lowest BCUT2D eigenvalue weighted by molar-refractivity contribution is -0.151. The Morgan fingerprint density at radius 2 is 1.95 bits per heavy atom. The van der Waals surface area contributed by atoms with Crippen molar-refractivity contribution in [2.45, 2.75) is 80.6 Å². The summed E-state index contributed by atoms with van der Waals surface area (Å²) in [5, 5.41) is 12.7. The fourth-order valence-corrected chi connectivity index (χ4v) is 7.75. The lowest BCUT2D eigenvalue weighted by atomic mass is 9.70. The molecule has 11 heteroatoms. The van der Waals surface area contributed by atoms with E-state index in [1.807, 2.05) is 51.1 Å². The normalized spacial score (nSPS) is 27.9. The molecule has 3 aliphatic heterocycles. The van der Waals surface area contributed by atoms with E-state index in [1.165, 1.54) is 4.90 Å². The summed E-state index contributed by atoms with van der Waals surface area (Å²) in [6, 6.07) is 7.55. The minimum Gasteiger partial charge on any atom is -0.463 e. The molecule has 1 unspecified atom stereocenters. The Kier molecular flexibility index (Phi) is 10.7. The fourth-order valence-electron chi connectivity index (χ4n) is 6.80. The molecule has 7 atom stereocenters. The zero-order valence-corrected chi connectivity index (χ0v) is 27.3. The van der Waals surface area contributed by atoms with Crippen LogP contribution < -0.4 is 5.32 Å². The van der Waals surface area contributed by atoms with Gasteiger partial charge in [-0.15, -0.1) is 13.2 Å². The first kappa shape index (κ1) is 33.9.